The van der Waals surface area contributed by atoms with Gasteiger partial charge in [-0.05, 0) is 37.5 Å². The van der Waals surface area contributed by atoms with E-state index in [4.69, 9.17) is 0 Å². The van der Waals surface area contributed by atoms with Crippen LogP contribution in [-0.4, -0.2) is 10.00 Å². The quantitative estimate of drug-likeness (QED) is 0.604. The lowest BCUT2D eigenvalue weighted by Crippen LogP contribution is -2.45. The Labute approximate surface area is 129 Å². The maximum atomic E-state index is 2.43. The molecule has 0 saturated carbocycles. The van der Waals surface area contributed by atoms with Crippen molar-refractivity contribution in [2.45, 2.75) is 64.4 Å². The molecule has 110 valence electrons. The molecule has 0 radical (unpaired) electrons. The molecular weight excluding hydrogens is 260 g/mol. The highest BCUT2D eigenvalue weighted by atomic mass is 32.2. The lowest BCUT2D eigenvalue weighted by molar-refractivity contribution is 0.348. The average Bonchev–Trinajstić information content (AvgIpc) is 2.86. The van der Waals surface area contributed by atoms with Crippen molar-refractivity contribution in [1.82, 2.24) is 0 Å². The van der Waals surface area contributed by atoms with Gasteiger partial charge in [-0.25, -0.2) is 0 Å². The van der Waals surface area contributed by atoms with Gasteiger partial charge >= 0.3 is 0 Å². The van der Waals surface area contributed by atoms with Crippen LogP contribution in [0.25, 0.3) is 0 Å². The normalized spacial score (nSPS) is 26.6. The van der Waals surface area contributed by atoms with E-state index in [2.05, 4.69) is 83.7 Å². The second kappa shape index (κ2) is 5.60. The van der Waals surface area contributed by atoms with E-state index in [1.165, 1.54) is 16.7 Å². The van der Waals surface area contributed by atoms with Crippen molar-refractivity contribution in [1.29, 1.82) is 0 Å². The summed E-state index contributed by atoms with van der Waals surface area (Å²) in [5.41, 5.74) is 4.61. The molecule has 2 aliphatic carbocycles. The Bertz CT molecular complexity index is 500. The standard InChI is InChI=1S/C19H28S/c1-14(2)20-19(12-11-15(3)13-16(19)4)18(5,6)17-9-7-8-10-17/h7,9-11,13-14H,8,12H2,1-6H3. The minimum absolute atomic E-state index is 0.159. The number of thioether (sulfide) groups is 1. The van der Waals surface area contributed by atoms with Crippen LogP contribution < -0.4 is 0 Å². The van der Waals surface area contributed by atoms with Crippen molar-refractivity contribution in [2.24, 2.45) is 5.41 Å². The summed E-state index contributed by atoms with van der Waals surface area (Å²) in [7, 11) is 0. The Balaban J connectivity index is 2.48. The van der Waals surface area contributed by atoms with E-state index in [1.54, 1.807) is 0 Å². The van der Waals surface area contributed by atoms with Gasteiger partial charge in [-0.1, -0.05) is 69.2 Å². The van der Waals surface area contributed by atoms with Crippen molar-refractivity contribution in [3.63, 3.8) is 0 Å². The molecule has 0 bridgehead atoms. The van der Waals surface area contributed by atoms with Crippen molar-refractivity contribution in [3.8, 4) is 0 Å². The molecule has 1 heteroatoms. The maximum Gasteiger partial charge on any atom is 0.0496 e. The fourth-order valence-electron chi connectivity index (χ4n) is 3.58. The number of hydrogen-bond acceptors (Lipinski definition) is 1. The summed E-state index contributed by atoms with van der Waals surface area (Å²) in [6, 6.07) is 0. The predicted octanol–water partition coefficient (Wildman–Crippen LogP) is 6.08. The molecule has 0 saturated heterocycles. The highest BCUT2D eigenvalue weighted by molar-refractivity contribution is 8.01. The van der Waals surface area contributed by atoms with E-state index in [1.807, 2.05) is 0 Å². The van der Waals surface area contributed by atoms with Crippen molar-refractivity contribution < 1.29 is 0 Å². The first-order chi connectivity index (χ1) is 9.29. The lowest BCUT2D eigenvalue weighted by atomic mass is 9.66. The Kier molecular flexibility index (Phi) is 4.39. The lowest BCUT2D eigenvalue weighted by Gasteiger charge is -2.50. The fourth-order valence-corrected chi connectivity index (χ4v) is 5.22. The molecule has 0 amide bonds. The van der Waals surface area contributed by atoms with E-state index in [-0.39, 0.29) is 10.2 Å². The molecule has 0 aromatic heterocycles. The van der Waals surface area contributed by atoms with Crippen LogP contribution in [0.3, 0.4) is 0 Å². The van der Waals surface area contributed by atoms with E-state index >= 15 is 0 Å². The number of allylic oxidation sites excluding steroid dienone is 7. The van der Waals surface area contributed by atoms with Gasteiger partial charge < -0.3 is 0 Å². The van der Waals surface area contributed by atoms with Crippen LogP contribution >= 0.6 is 11.8 Å². The van der Waals surface area contributed by atoms with Crippen LogP contribution in [0.5, 0.6) is 0 Å². The van der Waals surface area contributed by atoms with Gasteiger partial charge in [0.15, 0.2) is 0 Å². The van der Waals surface area contributed by atoms with Crippen LogP contribution in [-0.2, 0) is 0 Å². The molecule has 0 aromatic carbocycles. The monoisotopic (exact) mass is 288 g/mol. The zero-order valence-electron chi connectivity index (χ0n) is 13.8. The molecule has 0 N–H and O–H groups in total. The predicted molar refractivity (Wildman–Crippen MR) is 93.2 cm³/mol. The molecule has 0 spiro atoms. The second-order valence-corrected chi connectivity index (χ2v) is 8.77. The largest absolute Gasteiger partial charge is 0.147 e. The van der Waals surface area contributed by atoms with E-state index in [0.29, 0.717) is 5.25 Å². The van der Waals surface area contributed by atoms with E-state index < -0.39 is 0 Å². The van der Waals surface area contributed by atoms with Gasteiger partial charge in [0, 0.05) is 10.2 Å². The zero-order valence-corrected chi connectivity index (χ0v) is 14.6. The molecular formula is C19H28S. The summed E-state index contributed by atoms with van der Waals surface area (Å²) in [6.07, 6.45) is 14.1. The minimum Gasteiger partial charge on any atom is -0.147 e. The summed E-state index contributed by atoms with van der Waals surface area (Å²) < 4.78 is 0.182. The van der Waals surface area contributed by atoms with E-state index in [9.17, 15) is 0 Å². The summed E-state index contributed by atoms with van der Waals surface area (Å²) in [5.74, 6) is 0. The molecule has 0 aromatic rings. The summed E-state index contributed by atoms with van der Waals surface area (Å²) in [4.78, 5) is 0. The third-order valence-corrected chi connectivity index (χ3v) is 6.60. The van der Waals surface area contributed by atoms with E-state index in [0.717, 1.165) is 12.8 Å². The summed E-state index contributed by atoms with van der Waals surface area (Å²) in [5, 5.41) is 0.635. The molecule has 2 rings (SSSR count). The molecule has 0 fully saturated rings. The first-order valence-electron chi connectivity index (χ1n) is 7.70. The zero-order chi connectivity index (χ0) is 15.0. The minimum atomic E-state index is 0.159. The van der Waals surface area contributed by atoms with Gasteiger partial charge in [-0.2, -0.15) is 0 Å². The van der Waals surface area contributed by atoms with Crippen molar-refractivity contribution >= 4 is 11.8 Å². The van der Waals surface area contributed by atoms with Crippen LogP contribution in [0.2, 0.25) is 0 Å². The second-order valence-electron chi connectivity index (χ2n) is 6.90. The molecule has 0 heterocycles. The van der Waals surface area contributed by atoms with Crippen molar-refractivity contribution in [3.05, 3.63) is 47.1 Å². The van der Waals surface area contributed by atoms with Crippen LogP contribution in [0.15, 0.2) is 47.1 Å². The molecule has 0 nitrogen and oxygen atoms in total. The number of rotatable bonds is 4. The highest BCUT2D eigenvalue weighted by Crippen LogP contribution is 2.57. The Morgan fingerprint density at radius 1 is 1.20 bits per heavy atom. The van der Waals surface area contributed by atoms with Gasteiger partial charge in [0.1, 0.15) is 0 Å². The topological polar surface area (TPSA) is 0 Å². The molecule has 0 aliphatic heterocycles. The van der Waals surface area contributed by atoms with Gasteiger partial charge in [0.2, 0.25) is 0 Å². The van der Waals surface area contributed by atoms with Crippen LogP contribution in [0.1, 0.15) is 54.4 Å². The average molecular weight is 289 g/mol. The summed E-state index contributed by atoms with van der Waals surface area (Å²) in [6.45, 7) is 14.0. The first kappa shape index (κ1) is 15.7. The molecule has 1 unspecified atom stereocenters. The first-order valence-corrected chi connectivity index (χ1v) is 8.58. The number of hydrogen-bond donors (Lipinski definition) is 0. The van der Waals surface area contributed by atoms with Gasteiger partial charge in [-0.3, -0.25) is 0 Å². The van der Waals surface area contributed by atoms with Gasteiger partial charge in [0.25, 0.3) is 0 Å². The maximum absolute atomic E-state index is 2.43. The Hall–Kier alpha value is -0.690. The third kappa shape index (κ3) is 2.57. The molecule has 20 heavy (non-hydrogen) atoms. The van der Waals surface area contributed by atoms with Crippen molar-refractivity contribution in [2.75, 3.05) is 0 Å². The summed E-state index contributed by atoms with van der Waals surface area (Å²) >= 11 is 2.14. The van der Waals surface area contributed by atoms with Gasteiger partial charge in [-0.15, -0.1) is 11.8 Å². The smallest absolute Gasteiger partial charge is 0.0496 e. The highest BCUT2D eigenvalue weighted by Gasteiger charge is 2.49. The molecule has 1 atom stereocenters. The van der Waals surface area contributed by atoms with Crippen LogP contribution in [0.4, 0.5) is 0 Å². The van der Waals surface area contributed by atoms with Gasteiger partial charge in [0.05, 0.1) is 0 Å². The Morgan fingerprint density at radius 3 is 2.40 bits per heavy atom. The fraction of sp³-hybridized carbons (Fsp3) is 0.579. The SMILES string of the molecule is CC1=CCC(SC(C)C)(C(C)(C)C2=CCC=C2)C(C)=C1. The Morgan fingerprint density at radius 2 is 1.90 bits per heavy atom. The third-order valence-electron chi connectivity index (χ3n) is 4.73. The van der Waals surface area contributed by atoms with Crippen LogP contribution in [0, 0.1) is 5.41 Å². The molecule has 2 aliphatic rings.